The van der Waals surface area contributed by atoms with E-state index in [0.29, 0.717) is 0 Å². The number of rotatable bonds is 1. The van der Waals surface area contributed by atoms with Crippen molar-refractivity contribution in [3.8, 4) is 0 Å². The average molecular weight is 220 g/mol. The van der Waals surface area contributed by atoms with E-state index in [9.17, 15) is 0 Å². The van der Waals surface area contributed by atoms with Crippen LogP contribution in [0.15, 0.2) is 12.2 Å². The Kier molecular flexibility index (Phi) is 3.22. The standard InChI is InChI=1S/C14H24N2/c1-12(2,3)8-9-14(15-7)10-16(11-14)13(4,5)6/h8-9H,10-11H2,1-6H3/b9-8+. The average Bonchev–Trinajstić information content (AvgIpc) is 1.98. The Labute approximate surface area is 100 Å². The van der Waals surface area contributed by atoms with Crippen molar-refractivity contribution in [1.82, 2.24) is 4.90 Å². The van der Waals surface area contributed by atoms with Crippen LogP contribution in [-0.4, -0.2) is 29.1 Å². The van der Waals surface area contributed by atoms with E-state index in [2.05, 4.69) is 63.4 Å². The van der Waals surface area contributed by atoms with Crippen molar-refractivity contribution in [2.45, 2.75) is 52.6 Å². The van der Waals surface area contributed by atoms with Crippen LogP contribution in [0.4, 0.5) is 0 Å². The largest absolute Gasteiger partial charge is 0.303 e. The summed E-state index contributed by atoms with van der Waals surface area (Å²) in [5, 5.41) is 0. The van der Waals surface area contributed by atoms with E-state index < -0.39 is 0 Å². The molecule has 2 nitrogen and oxygen atoms in total. The second kappa shape index (κ2) is 3.89. The Balaban J connectivity index is 2.67. The zero-order valence-corrected chi connectivity index (χ0v) is 11.5. The summed E-state index contributed by atoms with van der Waals surface area (Å²) in [6.45, 7) is 22.2. The molecule has 1 heterocycles. The first-order valence-corrected chi connectivity index (χ1v) is 5.92. The van der Waals surface area contributed by atoms with Gasteiger partial charge in [0.25, 0.3) is 5.54 Å². The summed E-state index contributed by atoms with van der Waals surface area (Å²) < 4.78 is 0. The van der Waals surface area contributed by atoms with Crippen molar-refractivity contribution < 1.29 is 0 Å². The molecule has 90 valence electrons. The molecule has 0 N–H and O–H groups in total. The van der Waals surface area contributed by atoms with Gasteiger partial charge in [-0.15, -0.1) is 0 Å². The molecule has 1 aliphatic heterocycles. The molecule has 0 spiro atoms. The van der Waals surface area contributed by atoms with Crippen LogP contribution in [0.1, 0.15) is 41.5 Å². The van der Waals surface area contributed by atoms with Crippen LogP contribution in [0, 0.1) is 12.0 Å². The highest BCUT2D eigenvalue weighted by atomic mass is 15.3. The predicted octanol–water partition coefficient (Wildman–Crippen LogP) is 3.36. The maximum absolute atomic E-state index is 7.36. The highest BCUT2D eigenvalue weighted by Crippen LogP contribution is 2.34. The predicted molar refractivity (Wildman–Crippen MR) is 69.3 cm³/mol. The molecular formula is C14H24N2. The molecule has 0 bridgehead atoms. The number of hydrogen-bond acceptors (Lipinski definition) is 1. The fourth-order valence-electron chi connectivity index (χ4n) is 1.71. The summed E-state index contributed by atoms with van der Waals surface area (Å²) in [6, 6.07) is 0. The summed E-state index contributed by atoms with van der Waals surface area (Å²) in [6.07, 6.45) is 4.28. The molecule has 0 aliphatic carbocycles. The molecule has 1 rings (SSSR count). The summed E-state index contributed by atoms with van der Waals surface area (Å²) in [7, 11) is 0. The maximum atomic E-state index is 7.36. The summed E-state index contributed by atoms with van der Waals surface area (Å²) >= 11 is 0. The van der Waals surface area contributed by atoms with Gasteiger partial charge in [0.15, 0.2) is 0 Å². The Hall–Kier alpha value is -0.810. The Bertz CT molecular complexity index is 314. The van der Waals surface area contributed by atoms with Crippen molar-refractivity contribution in [1.29, 1.82) is 0 Å². The summed E-state index contributed by atoms with van der Waals surface area (Å²) in [5.74, 6) is 0. The van der Waals surface area contributed by atoms with E-state index in [0.717, 1.165) is 13.1 Å². The SMILES string of the molecule is [C-]#[N+]C1(/C=C/C(C)(C)C)CN(C(C)(C)C)C1. The smallest absolute Gasteiger partial charge is 0.275 e. The Morgan fingerprint density at radius 1 is 1.12 bits per heavy atom. The first kappa shape index (κ1) is 13.3. The number of hydrogen-bond donors (Lipinski definition) is 0. The van der Waals surface area contributed by atoms with E-state index in [1.807, 2.05) is 0 Å². The lowest BCUT2D eigenvalue weighted by atomic mass is 9.83. The van der Waals surface area contributed by atoms with Gasteiger partial charge >= 0.3 is 0 Å². The molecule has 0 aromatic rings. The fraction of sp³-hybridized carbons (Fsp3) is 0.786. The van der Waals surface area contributed by atoms with E-state index in [-0.39, 0.29) is 16.5 Å². The quantitative estimate of drug-likeness (QED) is 0.486. The minimum atomic E-state index is -0.263. The second-order valence-corrected chi connectivity index (χ2v) is 6.94. The molecule has 0 unspecified atom stereocenters. The zero-order valence-electron chi connectivity index (χ0n) is 11.5. The van der Waals surface area contributed by atoms with Crippen LogP contribution < -0.4 is 0 Å². The Morgan fingerprint density at radius 2 is 1.62 bits per heavy atom. The molecule has 0 aromatic heterocycles. The number of allylic oxidation sites excluding steroid dienone is 1. The van der Waals surface area contributed by atoms with E-state index >= 15 is 0 Å². The van der Waals surface area contributed by atoms with E-state index in [4.69, 9.17) is 6.57 Å². The molecular weight excluding hydrogens is 196 g/mol. The molecule has 1 fully saturated rings. The van der Waals surface area contributed by atoms with Crippen LogP contribution in [-0.2, 0) is 0 Å². The Morgan fingerprint density at radius 3 is 1.94 bits per heavy atom. The van der Waals surface area contributed by atoms with Gasteiger partial charge in [-0.05, 0) is 32.3 Å². The topological polar surface area (TPSA) is 7.60 Å². The van der Waals surface area contributed by atoms with E-state index in [1.165, 1.54) is 0 Å². The highest BCUT2D eigenvalue weighted by molar-refractivity contribution is 5.25. The van der Waals surface area contributed by atoms with Gasteiger partial charge in [-0.2, -0.15) is 0 Å². The molecule has 0 amide bonds. The second-order valence-electron chi connectivity index (χ2n) is 6.94. The normalized spacial score (nSPS) is 21.8. The fourth-order valence-corrected chi connectivity index (χ4v) is 1.71. The molecule has 1 saturated heterocycles. The molecule has 0 radical (unpaired) electrons. The molecule has 0 aromatic carbocycles. The van der Waals surface area contributed by atoms with Crippen LogP contribution >= 0.6 is 0 Å². The lowest BCUT2D eigenvalue weighted by molar-refractivity contribution is 0.0328. The maximum Gasteiger partial charge on any atom is 0.275 e. The molecule has 16 heavy (non-hydrogen) atoms. The number of likely N-dealkylation sites (tertiary alicyclic amines) is 1. The van der Waals surface area contributed by atoms with E-state index in [1.54, 1.807) is 0 Å². The zero-order chi connectivity index (χ0) is 12.6. The first-order valence-electron chi connectivity index (χ1n) is 5.92. The van der Waals surface area contributed by atoms with Crippen molar-refractivity contribution >= 4 is 0 Å². The monoisotopic (exact) mass is 220 g/mol. The molecule has 0 saturated carbocycles. The van der Waals surface area contributed by atoms with Crippen LogP contribution in [0.5, 0.6) is 0 Å². The van der Waals surface area contributed by atoms with Gasteiger partial charge in [-0.3, -0.25) is 4.90 Å². The molecule has 2 heteroatoms. The number of nitrogens with zero attached hydrogens (tertiary/aromatic N) is 2. The first-order chi connectivity index (χ1) is 7.08. The van der Waals surface area contributed by atoms with Gasteiger partial charge in [0.05, 0.1) is 13.1 Å². The van der Waals surface area contributed by atoms with Crippen LogP contribution in [0.2, 0.25) is 0 Å². The van der Waals surface area contributed by atoms with Crippen LogP contribution in [0.3, 0.4) is 0 Å². The third kappa shape index (κ3) is 3.09. The van der Waals surface area contributed by atoms with Gasteiger partial charge in [0.2, 0.25) is 0 Å². The van der Waals surface area contributed by atoms with Gasteiger partial charge < -0.3 is 4.85 Å². The minimum Gasteiger partial charge on any atom is -0.303 e. The minimum absolute atomic E-state index is 0.167. The van der Waals surface area contributed by atoms with Crippen LogP contribution in [0.25, 0.3) is 4.85 Å². The highest BCUT2D eigenvalue weighted by Gasteiger charge is 2.51. The van der Waals surface area contributed by atoms with Crippen molar-refractivity contribution in [2.75, 3.05) is 13.1 Å². The van der Waals surface area contributed by atoms with Crippen molar-refractivity contribution in [3.05, 3.63) is 23.6 Å². The molecule has 0 atom stereocenters. The lowest BCUT2D eigenvalue weighted by Crippen LogP contribution is -2.64. The van der Waals surface area contributed by atoms with Gasteiger partial charge in [-0.25, -0.2) is 6.57 Å². The lowest BCUT2D eigenvalue weighted by Gasteiger charge is -2.47. The third-order valence-corrected chi connectivity index (χ3v) is 2.99. The summed E-state index contributed by atoms with van der Waals surface area (Å²) in [4.78, 5) is 6.17. The van der Waals surface area contributed by atoms with Crippen molar-refractivity contribution in [2.24, 2.45) is 5.41 Å². The van der Waals surface area contributed by atoms with Gasteiger partial charge in [0, 0.05) is 5.54 Å². The van der Waals surface area contributed by atoms with Gasteiger partial charge in [0.1, 0.15) is 0 Å². The third-order valence-electron chi connectivity index (χ3n) is 2.99. The van der Waals surface area contributed by atoms with Gasteiger partial charge in [-0.1, -0.05) is 26.8 Å². The molecule has 1 aliphatic rings. The summed E-state index contributed by atoms with van der Waals surface area (Å²) in [5.41, 5.74) is 0.0875. The van der Waals surface area contributed by atoms with Crippen molar-refractivity contribution in [3.63, 3.8) is 0 Å².